The number of nitrogens with one attached hydrogen (secondary N) is 1. The number of pyridine rings is 1. The molecule has 0 aliphatic heterocycles. The normalized spacial score (nSPS) is 14.0. The Morgan fingerprint density at radius 1 is 1.39 bits per heavy atom. The van der Waals surface area contributed by atoms with Crippen molar-refractivity contribution in [2.24, 2.45) is 5.92 Å². The van der Waals surface area contributed by atoms with Crippen molar-refractivity contribution in [3.8, 4) is 0 Å². The SMILES string of the molecule is CCc1ccnc(NC(=O)Cc2c(C)nn(CC3CC3)c2C)c1. The fourth-order valence-corrected chi connectivity index (χ4v) is 2.82. The van der Waals surface area contributed by atoms with Gasteiger partial charge in [0.2, 0.25) is 5.91 Å². The highest BCUT2D eigenvalue weighted by Gasteiger charge is 2.24. The van der Waals surface area contributed by atoms with Crippen LogP contribution in [0.5, 0.6) is 0 Å². The number of aromatic nitrogens is 3. The van der Waals surface area contributed by atoms with Gasteiger partial charge in [-0.25, -0.2) is 4.98 Å². The quantitative estimate of drug-likeness (QED) is 0.892. The fourth-order valence-electron chi connectivity index (χ4n) is 2.82. The number of carbonyl (C=O) groups excluding carboxylic acids is 1. The van der Waals surface area contributed by atoms with Crippen molar-refractivity contribution in [3.05, 3.63) is 40.8 Å². The predicted molar refractivity (Wildman–Crippen MR) is 90.4 cm³/mol. The van der Waals surface area contributed by atoms with E-state index in [0.29, 0.717) is 12.2 Å². The summed E-state index contributed by atoms with van der Waals surface area (Å²) in [4.78, 5) is 16.6. The molecule has 0 bridgehead atoms. The Balaban J connectivity index is 1.68. The first-order valence-electron chi connectivity index (χ1n) is 8.34. The third-order valence-electron chi connectivity index (χ3n) is 4.50. The van der Waals surface area contributed by atoms with Gasteiger partial charge in [0.15, 0.2) is 0 Å². The van der Waals surface area contributed by atoms with E-state index < -0.39 is 0 Å². The Labute approximate surface area is 137 Å². The summed E-state index contributed by atoms with van der Waals surface area (Å²) in [5, 5.41) is 7.49. The van der Waals surface area contributed by atoms with E-state index in [2.05, 4.69) is 33.9 Å². The first kappa shape index (κ1) is 15.7. The Bertz CT molecular complexity index is 716. The third kappa shape index (κ3) is 3.78. The van der Waals surface area contributed by atoms with Crippen molar-refractivity contribution in [2.75, 3.05) is 5.32 Å². The fraction of sp³-hybridized carbons (Fsp3) is 0.500. The molecule has 1 aliphatic carbocycles. The molecule has 2 aromatic heterocycles. The van der Waals surface area contributed by atoms with Gasteiger partial charge in [0.05, 0.1) is 12.1 Å². The lowest BCUT2D eigenvalue weighted by atomic mass is 10.1. The Morgan fingerprint density at radius 2 is 2.17 bits per heavy atom. The Morgan fingerprint density at radius 3 is 2.87 bits per heavy atom. The van der Waals surface area contributed by atoms with E-state index in [0.717, 1.165) is 35.8 Å². The van der Waals surface area contributed by atoms with Crippen LogP contribution in [0.4, 0.5) is 5.82 Å². The molecule has 23 heavy (non-hydrogen) atoms. The van der Waals surface area contributed by atoms with Crippen LogP contribution in [0.3, 0.4) is 0 Å². The van der Waals surface area contributed by atoms with Crippen molar-refractivity contribution in [3.63, 3.8) is 0 Å². The summed E-state index contributed by atoms with van der Waals surface area (Å²) < 4.78 is 2.06. The largest absolute Gasteiger partial charge is 0.310 e. The van der Waals surface area contributed by atoms with Crippen LogP contribution in [0.2, 0.25) is 0 Å². The third-order valence-corrected chi connectivity index (χ3v) is 4.50. The number of nitrogens with zero attached hydrogens (tertiary/aromatic N) is 3. The van der Waals surface area contributed by atoms with Gasteiger partial charge in [-0.2, -0.15) is 5.10 Å². The van der Waals surface area contributed by atoms with Gasteiger partial charge in [0.1, 0.15) is 5.82 Å². The van der Waals surface area contributed by atoms with E-state index in [1.807, 2.05) is 19.1 Å². The number of anilines is 1. The maximum atomic E-state index is 12.3. The molecule has 0 aromatic carbocycles. The molecule has 2 aromatic rings. The van der Waals surface area contributed by atoms with Gasteiger partial charge in [-0.05, 0) is 56.7 Å². The minimum Gasteiger partial charge on any atom is -0.310 e. The smallest absolute Gasteiger partial charge is 0.230 e. The van der Waals surface area contributed by atoms with Gasteiger partial charge in [0.25, 0.3) is 0 Å². The highest BCUT2D eigenvalue weighted by atomic mass is 16.1. The van der Waals surface area contributed by atoms with E-state index >= 15 is 0 Å². The first-order valence-corrected chi connectivity index (χ1v) is 8.34. The Kier molecular flexibility index (Phi) is 4.46. The lowest BCUT2D eigenvalue weighted by Gasteiger charge is -2.07. The molecular formula is C18H24N4O. The standard InChI is InChI=1S/C18H24N4O/c1-4-14-7-8-19-17(9-14)20-18(23)10-16-12(2)21-22(13(16)3)11-15-5-6-15/h7-9,15H,4-6,10-11H2,1-3H3,(H,19,20,23). The lowest BCUT2D eigenvalue weighted by molar-refractivity contribution is -0.115. The maximum Gasteiger partial charge on any atom is 0.230 e. The van der Waals surface area contributed by atoms with Gasteiger partial charge in [0, 0.05) is 24.0 Å². The molecule has 5 heteroatoms. The second-order valence-electron chi connectivity index (χ2n) is 6.40. The molecule has 0 saturated heterocycles. The summed E-state index contributed by atoms with van der Waals surface area (Å²) in [6.45, 7) is 7.10. The molecule has 1 fully saturated rings. The summed E-state index contributed by atoms with van der Waals surface area (Å²) in [6, 6.07) is 3.89. The number of hydrogen-bond donors (Lipinski definition) is 1. The minimum absolute atomic E-state index is 0.0390. The van der Waals surface area contributed by atoms with Crippen LogP contribution >= 0.6 is 0 Å². The molecule has 5 nitrogen and oxygen atoms in total. The zero-order valence-corrected chi connectivity index (χ0v) is 14.1. The zero-order valence-electron chi connectivity index (χ0n) is 14.1. The second-order valence-corrected chi connectivity index (χ2v) is 6.40. The average Bonchev–Trinajstić information content (AvgIpc) is 3.31. The van der Waals surface area contributed by atoms with Crippen molar-refractivity contribution in [1.29, 1.82) is 0 Å². The van der Waals surface area contributed by atoms with Crippen molar-refractivity contribution in [1.82, 2.24) is 14.8 Å². The Hall–Kier alpha value is -2.17. The minimum atomic E-state index is -0.0390. The number of aryl methyl sites for hydroxylation is 2. The van der Waals surface area contributed by atoms with Crippen LogP contribution in [-0.4, -0.2) is 20.7 Å². The zero-order chi connectivity index (χ0) is 16.4. The number of hydrogen-bond acceptors (Lipinski definition) is 3. The molecule has 0 unspecified atom stereocenters. The molecule has 1 amide bonds. The maximum absolute atomic E-state index is 12.3. The van der Waals surface area contributed by atoms with Gasteiger partial charge >= 0.3 is 0 Å². The lowest BCUT2D eigenvalue weighted by Crippen LogP contribution is -2.16. The van der Waals surface area contributed by atoms with Gasteiger partial charge < -0.3 is 5.32 Å². The van der Waals surface area contributed by atoms with Gasteiger partial charge in [-0.3, -0.25) is 9.48 Å². The summed E-state index contributed by atoms with van der Waals surface area (Å²) >= 11 is 0. The summed E-state index contributed by atoms with van der Waals surface area (Å²) in [5.41, 5.74) is 4.27. The average molecular weight is 312 g/mol. The molecule has 0 radical (unpaired) electrons. The van der Waals surface area contributed by atoms with Crippen molar-refractivity contribution >= 4 is 11.7 Å². The first-order chi connectivity index (χ1) is 11.1. The molecular weight excluding hydrogens is 288 g/mol. The highest BCUT2D eigenvalue weighted by molar-refractivity contribution is 5.91. The summed E-state index contributed by atoms with van der Waals surface area (Å²) in [6.07, 6.45) is 5.61. The monoisotopic (exact) mass is 312 g/mol. The van der Waals surface area contributed by atoms with Gasteiger partial charge in [-0.15, -0.1) is 0 Å². The topological polar surface area (TPSA) is 59.8 Å². The summed E-state index contributed by atoms with van der Waals surface area (Å²) in [5.74, 6) is 1.36. The molecule has 0 atom stereocenters. The van der Waals surface area contributed by atoms with Crippen LogP contribution in [0.15, 0.2) is 18.3 Å². The predicted octanol–water partition coefficient (Wildman–Crippen LogP) is 3.05. The summed E-state index contributed by atoms with van der Waals surface area (Å²) in [7, 11) is 0. The van der Waals surface area contributed by atoms with Crippen LogP contribution < -0.4 is 5.32 Å². The van der Waals surface area contributed by atoms with Gasteiger partial charge in [-0.1, -0.05) is 6.92 Å². The van der Waals surface area contributed by atoms with E-state index in [1.165, 1.54) is 18.4 Å². The molecule has 122 valence electrons. The van der Waals surface area contributed by atoms with E-state index in [1.54, 1.807) is 6.20 Å². The highest BCUT2D eigenvalue weighted by Crippen LogP contribution is 2.31. The van der Waals surface area contributed by atoms with E-state index in [-0.39, 0.29) is 5.91 Å². The van der Waals surface area contributed by atoms with Crippen molar-refractivity contribution in [2.45, 2.75) is 53.0 Å². The molecule has 2 heterocycles. The molecule has 0 spiro atoms. The number of amides is 1. The van der Waals surface area contributed by atoms with E-state index in [9.17, 15) is 4.79 Å². The van der Waals surface area contributed by atoms with Crippen LogP contribution in [0.1, 0.15) is 42.3 Å². The molecule has 3 rings (SSSR count). The van der Waals surface area contributed by atoms with Crippen LogP contribution in [0, 0.1) is 19.8 Å². The molecule has 1 N–H and O–H groups in total. The molecule has 1 saturated carbocycles. The van der Waals surface area contributed by atoms with Crippen LogP contribution in [0.25, 0.3) is 0 Å². The second kappa shape index (κ2) is 6.52. The molecule has 1 aliphatic rings. The number of rotatable bonds is 6. The van der Waals surface area contributed by atoms with Crippen molar-refractivity contribution < 1.29 is 4.79 Å². The van der Waals surface area contributed by atoms with Crippen LogP contribution in [-0.2, 0) is 24.2 Å². The number of carbonyl (C=O) groups is 1. The van der Waals surface area contributed by atoms with E-state index in [4.69, 9.17) is 0 Å².